The highest BCUT2D eigenvalue weighted by molar-refractivity contribution is 6.35. The van der Waals surface area contributed by atoms with Crippen molar-refractivity contribution in [2.45, 2.75) is 173 Å². The monoisotopic (exact) mass is 1970 g/mol. The number of amides is 4. The summed E-state index contributed by atoms with van der Waals surface area (Å²) in [7, 11) is 3.75. The summed E-state index contributed by atoms with van der Waals surface area (Å²) < 4.78 is 23.8. The lowest BCUT2D eigenvalue weighted by Crippen LogP contribution is -2.49. The fourth-order valence-corrected chi connectivity index (χ4v) is 18.6. The van der Waals surface area contributed by atoms with E-state index in [1.165, 1.54) is 85.5 Å². The van der Waals surface area contributed by atoms with Crippen LogP contribution in [0.2, 0.25) is 15.1 Å². The van der Waals surface area contributed by atoms with Gasteiger partial charge in [0.05, 0.1) is 9.95 Å². The van der Waals surface area contributed by atoms with Crippen LogP contribution in [-0.4, -0.2) is 93.4 Å². The highest BCUT2D eigenvalue weighted by Gasteiger charge is 2.45. The first-order valence-corrected chi connectivity index (χ1v) is 49.3. The van der Waals surface area contributed by atoms with Gasteiger partial charge in [0.15, 0.2) is 17.3 Å². The number of nitro groups is 1. The van der Waals surface area contributed by atoms with Crippen molar-refractivity contribution in [3.8, 4) is 11.5 Å². The van der Waals surface area contributed by atoms with E-state index >= 15 is 0 Å². The van der Waals surface area contributed by atoms with Crippen LogP contribution in [0.1, 0.15) is 236 Å². The molecule has 1 N–H and O–H groups in total. The Bertz CT molecular complexity index is 6660. The van der Waals surface area contributed by atoms with Crippen LogP contribution in [0.15, 0.2) is 342 Å². The van der Waals surface area contributed by atoms with Gasteiger partial charge in [-0.05, 0) is 242 Å². The van der Waals surface area contributed by atoms with E-state index < -0.39 is 10.7 Å². The second-order valence-corrected chi connectivity index (χ2v) is 41.5. The Balaban J connectivity index is 0.000000147. The third kappa shape index (κ3) is 25.3. The summed E-state index contributed by atoms with van der Waals surface area (Å²) in [6.45, 7) is 28.0. The molecule has 0 unspecified atom stereocenters. The summed E-state index contributed by atoms with van der Waals surface area (Å²) in [6, 6.07) is 81.4. The zero-order valence-corrected chi connectivity index (χ0v) is 85.6. The maximum atomic E-state index is 13.4. The van der Waals surface area contributed by atoms with E-state index in [2.05, 4.69) is 197 Å². The molecule has 0 saturated heterocycles. The number of fused-ring (bicyclic) bond motifs is 2. The number of aryl methyl sites for hydroxylation is 1. The topological polar surface area (TPSA) is 237 Å². The number of anilines is 2. The molecule has 5 aliphatic carbocycles. The molecule has 0 spiro atoms. The number of benzene rings is 12. The molecule has 734 valence electrons. The molecule has 2 heterocycles. The van der Waals surface area contributed by atoms with Crippen LogP contribution >= 0.6 is 34.8 Å². The van der Waals surface area contributed by atoms with E-state index in [9.17, 15) is 57.7 Å². The molecule has 0 aromatic heterocycles. The van der Waals surface area contributed by atoms with Crippen LogP contribution in [0.3, 0.4) is 0 Å². The van der Waals surface area contributed by atoms with E-state index in [0.29, 0.717) is 76.8 Å². The van der Waals surface area contributed by atoms with Crippen molar-refractivity contribution >= 4 is 126 Å². The van der Waals surface area contributed by atoms with Crippen LogP contribution < -0.4 is 19.7 Å². The summed E-state index contributed by atoms with van der Waals surface area (Å²) >= 11 is 16.6. The third-order valence-electron chi connectivity index (χ3n) is 25.4. The number of nitrogens with zero attached hydrogens (tertiary/aromatic N) is 4. The fraction of sp³-hybridized carbons (Fsp3) is 0.264. The Labute approximate surface area is 851 Å². The number of nitro benzene ring substituents is 1. The van der Waals surface area contributed by atoms with Gasteiger partial charge in [0, 0.05) is 135 Å². The van der Waals surface area contributed by atoms with Crippen molar-refractivity contribution in [2.24, 2.45) is 21.7 Å². The lowest BCUT2D eigenvalue weighted by molar-refractivity contribution is -0.384. The number of ether oxygens (including phenoxy) is 2. The average molecular weight is 1980 g/mol. The molecule has 0 radical (unpaired) electrons. The van der Waals surface area contributed by atoms with Gasteiger partial charge in [-0.1, -0.05) is 296 Å². The number of imide groups is 2. The molecule has 143 heavy (non-hydrogen) atoms. The van der Waals surface area contributed by atoms with E-state index in [0.717, 1.165) is 104 Å². The molecule has 4 amide bonds. The van der Waals surface area contributed by atoms with E-state index in [4.69, 9.17) is 44.3 Å². The Hall–Kier alpha value is -14.2. The molecule has 22 heteroatoms. The van der Waals surface area contributed by atoms with Crippen molar-refractivity contribution < 1.29 is 61.9 Å². The number of nitrogens with one attached hydrogen (secondary N) is 1. The first-order valence-electron chi connectivity index (χ1n) is 48.1. The Morgan fingerprint density at radius 2 is 0.783 bits per heavy atom. The molecule has 2 aliphatic heterocycles. The SMILES string of the molecule is CC(C)(C)C1=CC(=C2C=C(C(C)(C)C)C(=O)C(C(C)(C)C)=C2)C=C(C(C)(C)C)C1=O.CNC.Cc1cccc(N(Cc2ccccc2)c2cccc3ccccc23)c1.Fc1ccc(Cl)cc1Cl.O=C(c1ccc(Cl)cc1)c1ccc([N+](=O)[O-])cc1.O=C1C(Oc2ccccc2)=C(Oc2ccccc2)C(=O)c2ccccc21.O=C1c2ccc3c4c(ccc(c24)C(=O)N1C1CCCCC1)C(=O)N(C1CCCCC1)C3=O. The van der Waals surface area contributed by atoms with Gasteiger partial charge in [-0.2, -0.15) is 0 Å². The number of hydrogen-bond acceptors (Lipinski definition) is 15. The maximum Gasteiger partial charge on any atom is 0.269 e. The van der Waals surface area contributed by atoms with Crippen molar-refractivity contribution in [3.63, 3.8) is 0 Å². The van der Waals surface area contributed by atoms with Crippen molar-refractivity contribution in [3.05, 3.63) is 429 Å². The van der Waals surface area contributed by atoms with Gasteiger partial charge >= 0.3 is 0 Å². The van der Waals surface area contributed by atoms with Crippen LogP contribution in [0.25, 0.3) is 21.5 Å². The Morgan fingerprint density at radius 1 is 0.420 bits per heavy atom. The molecule has 2 fully saturated rings. The summed E-state index contributed by atoms with van der Waals surface area (Å²) in [5.74, 6) is -1.63. The first kappa shape index (κ1) is 106. The highest BCUT2D eigenvalue weighted by atomic mass is 35.5. The standard InChI is InChI=1S/C28H40O2.C26H26N2O4.C24H21N.C22H14O4.C13H8ClNO3.C6H3Cl2F.C2H7N/c1-25(2,3)19-13-17(14-20(23(19)29)26(4,5)6)18-15-21(27(7,8)9)24(30)22(16-18)28(10,11)12;29-23-17-11-13-19-22-20(26(32)28(25(19)31)16-9-5-2-6-10-16)14-12-18(21(17)22)24(30)27(23)15-7-3-1-4-8-15;1-19-9-7-14-22(17-19)25(18-20-10-3-2-4-11-20)24-16-8-13-21-12-5-6-15-23(21)24;23-19-17-13-7-8-14-18(17)20(24)22(26-16-11-5-2-6-12-16)21(19)25-15-9-3-1-4-10-15;14-11-5-1-9(2-6-11)13(16)10-3-7-12(8-4-10)15(17)18;7-4-1-2-6(9)5(8)3-4;1-3-2/h13-16H,1-12H3;11-16H,1-10H2;2-17H,18H2,1H3;1-14H;1-8H;1-3H;3H,1-2H3. The number of carbonyl (C=O) groups is 9. The van der Waals surface area contributed by atoms with E-state index in [1.807, 2.05) is 50.5 Å². The van der Waals surface area contributed by atoms with E-state index in [1.54, 1.807) is 121 Å². The summed E-state index contributed by atoms with van der Waals surface area (Å²) in [5, 5.41) is 17.8. The lowest BCUT2D eigenvalue weighted by atomic mass is 9.69. The average Bonchev–Trinajstić information content (AvgIpc) is 0.708. The van der Waals surface area contributed by atoms with Gasteiger partial charge in [0.25, 0.3) is 29.3 Å². The minimum Gasteiger partial charge on any atom is -0.449 e. The van der Waals surface area contributed by atoms with Gasteiger partial charge in [0.1, 0.15) is 17.3 Å². The number of hydrogen-bond donors (Lipinski definition) is 1. The van der Waals surface area contributed by atoms with E-state index in [-0.39, 0.29) is 109 Å². The van der Waals surface area contributed by atoms with Crippen LogP contribution in [0.4, 0.5) is 21.5 Å². The largest absolute Gasteiger partial charge is 0.449 e. The second-order valence-electron chi connectivity index (χ2n) is 40.2. The predicted octanol–water partition coefficient (Wildman–Crippen LogP) is 29.4. The molecule has 12 aromatic carbocycles. The number of rotatable bonds is 13. The third-order valence-corrected chi connectivity index (χ3v) is 26.2. The number of non-ortho nitro benzene ring substituents is 1. The molecule has 19 rings (SSSR count). The van der Waals surface area contributed by atoms with Crippen LogP contribution in [0.5, 0.6) is 11.5 Å². The number of carbonyl (C=O) groups excluding carboxylic acids is 9. The Morgan fingerprint density at radius 3 is 1.17 bits per heavy atom. The molecule has 0 atom stereocenters. The molecule has 2 saturated carbocycles. The summed E-state index contributed by atoms with van der Waals surface area (Å²) in [5.41, 5.74) is 12.5. The number of ketones is 5. The van der Waals surface area contributed by atoms with Crippen LogP contribution in [-0.2, 0) is 16.1 Å². The zero-order chi connectivity index (χ0) is 103. The normalized spacial score (nSPS) is 15.4. The maximum absolute atomic E-state index is 13.4. The minimum atomic E-state index is -0.503. The zero-order valence-electron chi connectivity index (χ0n) is 83.3. The minimum absolute atomic E-state index is 0.0392. The Kier molecular flexibility index (Phi) is 34.3. The van der Waals surface area contributed by atoms with Gasteiger partial charge in [-0.25, -0.2) is 4.39 Å². The molecule has 0 bridgehead atoms. The summed E-state index contributed by atoms with van der Waals surface area (Å²) in [4.78, 5) is 134. The lowest BCUT2D eigenvalue weighted by Gasteiger charge is -2.38. The number of para-hydroxylation sites is 2. The van der Waals surface area contributed by atoms with Gasteiger partial charge in [0.2, 0.25) is 23.1 Å². The van der Waals surface area contributed by atoms with Crippen molar-refractivity contribution in [1.29, 1.82) is 0 Å². The fourth-order valence-electron chi connectivity index (χ4n) is 18.1. The molecule has 18 nitrogen and oxygen atoms in total. The van der Waals surface area contributed by atoms with Crippen molar-refractivity contribution in [2.75, 3.05) is 19.0 Å². The first-order chi connectivity index (χ1) is 68.1. The molecule has 7 aliphatic rings. The number of allylic oxidation sites excluding steroid dienone is 12. The van der Waals surface area contributed by atoms with Gasteiger partial charge in [-0.3, -0.25) is 63.1 Å². The van der Waals surface area contributed by atoms with Gasteiger partial charge in [-0.15, -0.1) is 0 Å². The van der Waals surface area contributed by atoms with Crippen molar-refractivity contribution in [1.82, 2.24) is 15.1 Å². The molecule has 12 aromatic rings. The van der Waals surface area contributed by atoms with Crippen LogP contribution in [0, 0.1) is 44.5 Å². The molecular weight excluding hydrogens is 1860 g/mol. The quantitative estimate of drug-likeness (QED) is 0.0371. The smallest absolute Gasteiger partial charge is 0.269 e. The number of Topliss-reactive ketones (excluding diaryl/α,β-unsaturated/α-hetero) is 4. The number of halogens is 4. The highest BCUT2D eigenvalue weighted by Crippen LogP contribution is 2.47. The molecular formula is C121H119Cl3FN5O13. The predicted molar refractivity (Wildman–Crippen MR) is 569 cm³/mol. The second kappa shape index (κ2) is 46.2. The van der Waals surface area contributed by atoms with Gasteiger partial charge < -0.3 is 19.7 Å². The summed E-state index contributed by atoms with van der Waals surface area (Å²) in [6.07, 6.45) is 17.8.